The zero-order valence-corrected chi connectivity index (χ0v) is 21.1. The number of nitro groups is 1. The SMILES string of the molecule is O=C(CCCCSc1nnc(-c2ccc([N+](=O)[O-])cc2)n1-c1ccccc1)N1CCc2ccccc2C1. The number of amides is 1. The molecule has 0 fully saturated rings. The first-order valence-electron chi connectivity index (χ1n) is 12.3. The highest BCUT2D eigenvalue weighted by Crippen LogP contribution is 2.29. The number of hydrogen-bond donors (Lipinski definition) is 0. The van der Waals surface area contributed by atoms with E-state index in [4.69, 9.17) is 0 Å². The zero-order chi connectivity index (χ0) is 25.6. The van der Waals surface area contributed by atoms with Crippen LogP contribution in [0.5, 0.6) is 0 Å². The number of unbranched alkanes of at least 4 members (excludes halogenated alkanes) is 1. The second-order valence-corrected chi connectivity index (χ2v) is 9.98. The van der Waals surface area contributed by atoms with E-state index in [1.165, 1.54) is 23.3 Å². The minimum Gasteiger partial charge on any atom is -0.338 e. The van der Waals surface area contributed by atoms with E-state index in [2.05, 4.69) is 28.4 Å². The maximum atomic E-state index is 12.8. The number of benzene rings is 3. The lowest BCUT2D eigenvalue weighted by molar-refractivity contribution is -0.384. The van der Waals surface area contributed by atoms with Gasteiger partial charge in [-0.1, -0.05) is 54.2 Å². The van der Waals surface area contributed by atoms with Crippen LogP contribution in [-0.2, 0) is 17.8 Å². The molecule has 0 radical (unpaired) electrons. The maximum absolute atomic E-state index is 12.8. The van der Waals surface area contributed by atoms with E-state index in [0.29, 0.717) is 18.8 Å². The molecule has 2 heterocycles. The molecule has 1 aliphatic heterocycles. The summed E-state index contributed by atoms with van der Waals surface area (Å²) >= 11 is 1.60. The summed E-state index contributed by atoms with van der Waals surface area (Å²) in [6, 6.07) is 24.5. The molecule has 4 aromatic rings. The Bertz CT molecular complexity index is 1390. The van der Waals surface area contributed by atoms with E-state index in [9.17, 15) is 14.9 Å². The topological polar surface area (TPSA) is 94.2 Å². The van der Waals surface area contributed by atoms with Crippen LogP contribution in [0, 0.1) is 10.1 Å². The van der Waals surface area contributed by atoms with Gasteiger partial charge < -0.3 is 4.90 Å². The second-order valence-electron chi connectivity index (χ2n) is 8.92. The number of carbonyl (C=O) groups excluding carboxylic acids is 1. The molecule has 0 N–H and O–H groups in total. The number of rotatable bonds is 9. The summed E-state index contributed by atoms with van der Waals surface area (Å²) < 4.78 is 1.97. The summed E-state index contributed by atoms with van der Waals surface area (Å²) in [7, 11) is 0. The fourth-order valence-corrected chi connectivity index (χ4v) is 5.45. The van der Waals surface area contributed by atoms with Crippen LogP contribution in [0.25, 0.3) is 17.1 Å². The Morgan fingerprint density at radius 2 is 1.65 bits per heavy atom. The number of nitro benzene ring substituents is 1. The van der Waals surface area contributed by atoms with Crippen molar-refractivity contribution in [2.45, 2.75) is 37.4 Å². The summed E-state index contributed by atoms with van der Waals surface area (Å²) in [5.41, 5.74) is 4.30. The van der Waals surface area contributed by atoms with Crippen LogP contribution < -0.4 is 0 Å². The molecule has 3 aromatic carbocycles. The van der Waals surface area contributed by atoms with Gasteiger partial charge >= 0.3 is 0 Å². The van der Waals surface area contributed by atoms with Crippen molar-refractivity contribution in [1.29, 1.82) is 0 Å². The molecule has 0 atom stereocenters. The van der Waals surface area contributed by atoms with Crippen molar-refractivity contribution in [1.82, 2.24) is 19.7 Å². The summed E-state index contributed by atoms with van der Waals surface area (Å²) in [5.74, 6) is 1.65. The molecule has 188 valence electrons. The lowest BCUT2D eigenvalue weighted by atomic mass is 9.99. The summed E-state index contributed by atoms with van der Waals surface area (Å²) in [6.45, 7) is 1.49. The standard InChI is InChI=1S/C28H27N5O3S/c34-26(31-18-17-21-8-4-5-9-23(21)20-31)12-6-7-19-37-28-30-29-27(32(28)24-10-2-1-3-11-24)22-13-15-25(16-14-22)33(35)36/h1-5,8-11,13-16H,6-7,12,17-20H2. The molecule has 1 aliphatic rings. The third-order valence-electron chi connectivity index (χ3n) is 6.48. The molecule has 0 aliphatic carbocycles. The molecule has 8 nitrogen and oxygen atoms in total. The maximum Gasteiger partial charge on any atom is 0.269 e. The van der Waals surface area contributed by atoms with E-state index in [1.54, 1.807) is 23.9 Å². The van der Waals surface area contributed by atoms with Crippen LogP contribution in [0.2, 0.25) is 0 Å². The summed E-state index contributed by atoms with van der Waals surface area (Å²) in [6.07, 6.45) is 3.17. The Morgan fingerprint density at radius 3 is 2.41 bits per heavy atom. The van der Waals surface area contributed by atoms with Gasteiger partial charge in [-0.05, 0) is 54.7 Å². The predicted octanol–water partition coefficient (Wildman–Crippen LogP) is 5.69. The molecule has 1 amide bonds. The quantitative estimate of drug-likeness (QED) is 0.124. The van der Waals surface area contributed by atoms with Crippen LogP contribution in [-0.4, -0.2) is 42.8 Å². The largest absolute Gasteiger partial charge is 0.338 e. The number of thioether (sulfide) groups is 1. The van der Waals surface area contributed by atoms with Crippen molar-refractivity contribution in [3.63, 3.8) is 0 Å². The first-order valence-corrected chi connectivity index (χ1v) is 13.3. The number of hydrogen-bond acceptors (Lipinski definition) is 6. The average Bonchev–Trinajstić information content (AvgIpc) is 3.37. The minimum atomic E-state index is -0.415. The number of carbonyl (C=O) groups is 1. The summed E-state index contributed by atoms with van der Waals surface area (Å²) in [5, 5.41) is 20.6. The Labute approximate surface area is 219 Å². The van der Waals surface area contributed by atoms with Gasteiger partial charge in [-0.25, -0.2) is 0 Å². The fraction of sp³-hybridized carbons (Fsp3) is 0.250. The highest BCUT2D eigenvalue weighted by Gasteiger charge is 2.20. The summed E-state index contributed by atoms with van der Waals surface area (Å²) in [4.78, 5) is 25.4. The van der Waals surface area contributed by atoms with Gasteiger partial charge in [-0.2, -0.15) is 0 Å². The van der Waals surface area contributed by atoms with E-state index in [1.807, 2.05) is 45.9 Å². The van der Waals surface area contributed by atoms with E-state index in [0.717, 1.165) is 48.0 Å². The van der Waals surface area contributed by atoms with Gasteiger partial charge in [0.2, 0.25) is 5.91 Å². The average molecular weight is 514 g/mol. The van der Waals surface area contributed by atoms with Crippen LogP contribution in [0.15, 0.2) is 84.0 Å². The molecule has 37 heavy (non-hydrogen) atoms. The lowest BCUT2D eigenvalue weighted by Gasteiger charge is -2.29. The molecule has 0 saturated carbocycles. The molecule has 0 spiro atoms. The highest BCUT2D eigenvalue weighted by molar-refractivity contribution is 7.99. The van der Waals surface area contributed by atoms with Gasteiger partial charge in [-0.3, -0.25) is 19.5 Å². The number of non-ortho nitro benzene ring substituents is 1. The number of nitrogens with zero attached hydrogens (tertiary/aromatic N) is 5. The van der Waals surface area contributed by atoms with Crippen LogP contribution in [0.4, 0.5) is 5.69 Å². The Balaban J connectivity index is 1.20. The van der Waals surface area contributed by atoms with E-state index >= 15 is 0 Å². The smallest absolute Gasteiger partial charge is 0.269 e. The Hall–Kier alpha value is -3.98. The molecular weight excluding hydrogens is 486 g/mol. The van der Waals surface area contributed by atoms with Crippen LogP contribution >= 0.6 is 11.8 Å². The predicted molar refractivity (Wildman–Crippen MR) is 144 cm³/mol. The number of aromatic nitrogens is 3. The van der Waals surface area contributed by atoms with Crippen LogP contribution in [0.3, 0.4) is 0 Å². The first-order chi connectivity index (χ1) is 18.1. The highest BCUT2D eigenvalue weighted by atomic mass is 32.2. The van der Waals surface area contributed by atoms with E-state index in [-0.39, 0.29) is 11.6 Å². The number of fused-ring (bicyclic) bond motifs is 1. The molecule has 0 unspecified atom stereocenters. The van der Waals surface area contributed by atoms with Gasteiger partial charge in [0.1, 0.15) is 0 Å². The number of para-hydroxylation sites is 1. The second kappa shape index (κ2) is 11.4. The van der Waals surface area contributed by atoms with Crippen molar-refractivity contribution < 1.29 is 9.72 Å². The van der Waals surface area contributed by atoms with Crippen LogP contribution in [0.1, 0.15) is 30.4 Å². The molecule has 0 bridgehead atoms. The molecule has 9 heteroatoms. The van der Waals surface area contributed by atoms with Crippen molar-refractivity contribution in [3.05, 3.63) is 100 Å². The normalized spacial score (nSPS) is 12.8. The zero-order valence-electron chi connectivity index (χ0n) is 20.3. The van der Waals surface area contributed by atoms with Gasteiger partial charge in [0.05, 0.1) is 4.92 Å². The molecule has 5 rings (SSSR count). The van der Waals surface area contributed by atoms with E-state index < -0.39 is 4.92 Å². The Kier molecular flexibility index (Phi) is 7.60. The lowest BCUT2D eigenvalue weighted by Crippen LogP contribution is -2.35. The Morgan fingerprint density at radius 1 is 0.919 bits per heavy atom. The fourth-order valence-electron chi connectivity index (χ4n) is 4.50. The van der Waals surface area contributed by atoms with Crippen molar-refractivity contribution in [3.8, 4) is 17.1 Å². The van der Waals surface area contributed by atoms with Gasteiger partial charge in [0, 0.05) is 48.6 Å². The van der Waals surface area contributed by atoms with Gasteiger partial charge in [0.25, 0.3) is 5.69 Å². The van der Waals surface area contributed by atoms with Crippen molar-refractivity contribution >= 4 is 23.4 Å². The molecular formula is C28H27N5O3S. The minimum absolute atomic E-state index is 0.0347. The monoisotopic (exact) mass is 513 g/mol. The van der Waals surface area contributed by atoms with Gasteiger partial charge in [0.15, 0.2) is 11.0 Å². The third kappa shape index (κ3) is 5.72. The van der Waals surface area contributed by atoms with Crippen molar-refractivity contribution in [2.75, 3.05) is 12.3 Å². The molecule has 1 aromatic heterocycles. The van der Waals surface area contributed by atoms with Gasteiger partial charge in [-0.15, -0.1) is 10.2 Å². The van der Waals surface area contributed by atoms with Crippen molar-refractivity contribution in [2.24, 2.45) is 0 Å². The first kappa shape index (κ1) is 24.7. The third-order valence-corrected chi connectivity index (χ3v) is 7.50. The molecule has 0 saturated heterocycles.